The smallest absolute Gasteiger partial charge is 0.219 e. The number of aromatic nitrogens is 1. The van der Waals surface area contributed by atoms with Gasteiger partial charge in [-0.3, -0.25) is 0 Å². The second-order valence-corrected chi connectivity index (χ2v) is 5.20. The summed E-state index contributed by atoms with van der Waals surface area (Å²) in [6.07, 6.45) is 0. The topological polar surface area (TPSA) is 34.2 Å². The number of halogens is 3. The number of nitrogens with zero attached hydrogens (tertiary/aromatic N) is 1. The minimum atomic E-state index is -0.784. The van der Waals surface area contributed by atoms with Crippen LogP contribution in [0.3, 0.4) is 0 Å². The van der Waals surface area contributed by atoms with Gasteiger partial charge in [0, 0.05) is 24.7 Å². The minimum Gasteiger partial charge on any atom is -0.436 e. The Kier molecular flexibility index (Phi) is 5.09. The van der Waals surface area contributed by atoms with Crippen LogP contribution < -0.4 is 10.1 Å². The van der Waals surface area contributed by atoms with Crippen LogP contribution in [0, 0.1) is 11.6 Å². The predicted molar refractivity (Wildman–Crippen MR) is 77.7 cm³/mol. The molecule has 21 heavy (non-hydrogen) atoms. The Bertz CT molecular complexity index is 635. The molecule has 1 N–H and O–H groups in total. The van der Waals surface area contributed by atoms with Gasteiger partial charge in [-0.2, -0.15) is 0 Å². The zero-order chi connectivity index (χ0) is 15.4. The molecule has 2 rings (SSSR count). The van der Waals surface area contributed by atoms with E-state index >= 15 is 0 Å². The molecule has 112 valence electrons. The van der Waals surface area contributed by atoms with Crippen LogP contribution in [0.2, 0.25) is 5.02 Å². The Balaban J connectivity index is 2.18. The first-order chi connectivity index (χ1) is 9.95. The van der Waals surface area contributed by atoms with Crippen LogP contribution in [-0.4, -0.2) is 11.0 Å². The van der Waals surface area contributed by atoms with Crippen molar-refractivity contribution in [3.05, 3.63) is 52.7 Å². The zero-order valence-electron chi connectivity index (χ0n) is 11.7. The Morgan fingerprint density at radius 2 is 2.00 bits per heavy atom. The van der Waals surface area contributed by atoms with E-state index in [-0.39, 0.29) is 17.7 Å². The van der Waals surface area contributed by atoms with Gasteiger partial charge in [-0.15, -0.1) is 0 Å². The maximum atomic E-state index is 13.5. The third-order valence-electron chi connectivity index (χ3n) is 2.68. The highest BCUT2D eigenvalue weighted by atomic mass is 35.5. The Labute approximate surface area is 126 Å². The van der Waals surface area contributed by atoms with Gasteiger partial charge in [0.1, 0.15) is 5.82 Å². The van der Waals surface area contributed by atoms with Crippen molar-refractivity contribution in [3.63, 3.8) is 0 Å². The van der Waals surface area contributed by atoms with E-state index in [1.54, 1.807) is 6.07 Å². The first kappa shape index (κ1) is 15.7. The molecule has 1 heterocycles. The van der Waals surface area contributed by atoms with E-state index in [0.29, 0.717) is 17.3 Å². The molecule has 0 spiro atoms. The number of nitrogens with one attached hydrogen (secondary N) is 1. The molecule has 3 nitrogen and oxygen atoms in total. The van der Waals surface area contributed by atoms with Crippen molar-refractivity contribution >= 4 is 11.6 Å². The molecule has 0 fully saturated rings. The Morgan fingerprint density at radius 3 is 2.67 bits per heavy atom. The van der Waals surface area contributed by atoms with Crippen molar-refractivity contribution in [2.24, 2.45) is 0 Å². The van der Waals surface area contributed by atoms with Crippen molar-refractivity contribution in [2.45, 2.75) is 26.4 Å². The highest BCUT2D eigenvalue weighted by molar-refractivity contribution is 6.31. The third-order valence-corrected chi connectivity index (χ3v) is 3.02. The fraction of sp³-hybridized carbons (Fsp3) is 0.267. The van der Waals surface area contributed by atoms with Gasteiger partial charge >= 0.3 is 0 Å². The Hall–Kier alpha value is -1.72. The van der Waals surface area contributed by atoms with E-state index in [4.69, 9.17) is 16.3 Å². The second kappa shape index (κ2) is 6.83. The van der Waals surface area contributed by atoms with Gasteiger partial charge in [0.05, 0.1) is 10.7 Å². The van der Waals surface area contributed by atoms with Gasteiger partial charge in [-0.05, 0) is 18.2 Å². The first-order valence-corrected chi connectivity index (χ1v) is 6.85. The van der Waals surface area contributed by atoms with Gasteiger partial charge in [-0.1, -0.05) is 25.4 Å². The van der Waals surface area contributed by atoms with E-state index in [1.165, 1.54) is 12.1 Å². The van der Waals surface area contributed by atoms with Crippen LogP contribution in [-0.2, 0) is 6.54 Å². The van der Waals surface area contributed by atoms with Crippen molar-refractivity contribution < 1.29 is 13.5 Å². The lowest BCUT2D eigenvalue weighted by atomic mass is 10.3. The van der Waals surface area contributed by atoms with Crippen LogP contribution in [0.5, 0.6) is 11.6 Å². The van der Waals surface area contributed by atoms with Crippen molar-refractivity contribution in [1.82, 2.24) is 10.3 Å². The van der Waals surface area contributed by atoms with Crippen molar-refractivity contribution in [1.29, 1.82) is 0 Å². The lowest BCUT2D eigenvalue weighted by Crippen LogP contribution is -2.22. The molecule has 0 aliphatic rings. The summed E-state index contributed by atoms with van der Waals surface area (Å²) in [7, 11) is 0. The molecule has 1 aromatic heterocycles. The van der Waals surface area contributed by atoms with Crippen LogP contribution in [0.4, 0.5) is 8.78 Å². The molecule has 0 radical (unpaired) electrons. The van der Waals surface area contributed by atoms with Gasteiger partial charge in [0.15, 0.2) is 11.6 Å². The summed E-state index contributed by atoms with van der Waals surface area (Å²) in [6.45, 7) is 4.48. The number of hydrogen-bond acceptors (Lipinski definition) is 3. The maximum Gasteiger partial charge on any atom is 0.219 e. The van der Waals surface area contributed by atoms with Gasteiger partial charge in [0.2, 0.25) is 5.88 Å². The highest BCUT2D eigenvalue weighted by Gasteiger charge is 2.10. The lowest BCUT2D eigenvalue weighted by molar-refractivity contribution is 0.421. The van der Waals surface area contributed by atoms with E-state index in [2.05, 4.69) is 10.3 Å². The van der Waals surface area contributed by atoms with E-state index in [9.17, 15) is 8.78 Å². The quantitative estimate of drug-likeness (QED) is 0.893. The van der Waals surface area contributed by atoms with E-state index in [0.717, 1.165) is 12.1 Å². The van der Waals surface area contributed by atoms with Crippen LogP contribution in [0.25, 0.3) is 0 Å². The summed E-state index contributed by atoms with van der Waals surface area (Å²) in [5.74, 6) is -1.33. The van der Waals surface area contributed by atoms with E-state index in [1.807, 2.05) is 13.8 Å². The zero-order valence-corrected chi connectivity index (χ0v) is 12.4. The SMILES string of the molecule is CC(C)NCc1nc(Oc2ccc(F)cc2F)ccc1Cl. The number of pyridine rings is 1. The predicted octanol–water partition coefficient (Wildman–Crippen LogP) is 4.30. The fourth-order valence-corrected chi connectivity index (χ4v) is 1.79. The monoisotopic (exact) mass is 312 g/mol. The molecule has 0 unspecified atom stereocenters. The second-order valence-electron chi connectivity index (χ2n) is 4.79. The molecule has 0 amide bonds. The summed E-state index contributed by atoms with van der Waals surface area (Å²) >= 11 is 6.05. The summed E-state index contributed by atoms with van der Waals surface area (Å²) in [4.78, 5) is 4.23. The molecule has 0 saturated carbocycles. The largest absolute Gasteiger partial charge is 0.436 e. The van der Waals surface area contributed by atoms with Gasteiger partial charge in [-0.25, -0.2) is 13.8 Å². The molecular weight excluding hydrogens is 298 g/mol. The molecule has 0 aliphatic heterocycles. The van der Waals surface area contributed by atoms with Crippen LogP contribution in [0.15, 0.2) is 30.3 Å². The summed E-state index contributed by atoms with van der Waals surface area (Å²) in [5, 5.41) is 3.68. The third kappa shape index (κ3) is 4.37. The number of benzene rings is 1. The van der Waals surface area contributed by atoms with Crippen LogP contribution in [0.1, 0.15) is 19.5 Å². The van der Waals surface area contributed by atoms with Crippen molar-refractivity contribution in [2.75, 3.05) is 0 Å². The average molecular weight is 313 g/mol. The summed E-state index contributed by atoms with van der Waals surface area (Å²) in [5.41, 5.74) is 0.602. The lowest BCUT2D eigenvalue weighted by Gasteiger charge is -2.11. The standard InChI is InChI=1S/C15H15ClF2N2O/c1-9(2)19-8-13-11(16)4-6-15(20-13)21-14-5-3-10(17)7-12(14)18/h3-7,9,19H,8H2,1-2H3. The highest BCUT2D eigenvalue weighted by Crippen LogP contribution is 2.25. The fourth-order valence-electron chi connectivity index (χ4n) is 1.62. The maximum absolute atomic E-state index is 13.5. The molecule has 0 saturated heterocycles. The molecular formula is C15H15ClF2N2O. The number of rotatable bonds is 5. The van der Waals surface area contributed by atoms with Gasteiger partial charge < -0.3 is 10.1 Å². The molecule has 0 atom stereocenters. The number of ether oxygens (including phenoxy) is 1. The number of hydrogen-bond donors (Lipinski definition) is 1. The van der Waals surface area contributed by atoms with Crippen molar-refractivity contribution in [3.8, 4) is 11.6 Å². The Morgan fingerprint density at radius 1 is 1.24 bits per heavy atom. The van der Waals surface area contributed by atoms with Gasteiger partial charge in [0.25, 0.3) is 0 Å². The summed E-state index contributed by atoms with van der Waals surface area (Å²) in [6, 6.07) is 6.53. The minimum absolute atomic E-state index is 0.0889. The molecule has 6 heteroatoms. The molecule has 2 aromatic rings. The summed E-state index contributed by atoms with van der Waals surface area (Å²) < 4.78 is 31.7. The molecule has 0 bridgehead atoms. The molecule has 1 aromatic carbocycles. The first-order valence-electron chi connectivity index (χ1n) is 6.47. The van der Waals surface area contributed by atoms with Crippen LogP contribution >= 0.6 is 11.6 Å². The average Bonchev–Trinajstić information content (AvgIpc) is 2.42. The molecule has 0 aliphatic carbocycles. The van der Waals surface area contributed by atoms with E-state index < -0.39 is 11.6 Å². The normalized spacial score (nSPS) is 11.0.